The van der Waals surface area contributed by atoms with Crippen molar-refractivity contribution in [3.05, 3.63) is 23.8 Å². The molecule has 152 valence electrons. The number of carbonyl (C=O) groups is 2. The molecule has 5 aliphatic rings. The molecule has 4 fully saturated rings. The van der Waals surface area contributed by atoms with Gasteiger partial charge in [-0.05, 0) is 61.7 Å². The molecule has 1 spiro atoms. The Hall–Kier alpha value is -1.37. The molecule has 0 bridgehead atoms. The first-order chi connectivity index (χ1) is 13.1. The van der Waals surface area contributed by atoms with E-state index in [2.05, 4.69) is 0 Å². The summed E-state index contributed by atoms with van der Waals surface area (Å²) in [5.41, 5.74) is -3.19. The summed E-state index contributed by atoms with van der Waals surface area (Å²) < 4.78 is 21.6. The molecule has 4 aliphatic carbocycles. The molecular formula is C22H27FO5. The molecule has 5 rings (SSSR count). The molecule has 9 atom stereocenters. The summed E-state index contributed by atoms with van der Waals surface area (Å²) in [6.07, 6.45) is 4.58. The zero-order valence-corrected chi connectivity index (χ0v) is 16.4. The average Bonchev–Trinajstić information content (AvgIpc) is 3.34. The Balaban J connectivity index is 1.63. The number of ketones is 2. The van der Waals surface area contributed by atoms with Crippen LogP contribution in [0.3, 0.4) is 0 Å². The van der Waals surface area contributed by atoms with Gasteiger partial charge in [0.2, 0.25) is 0 Å². The number of fused-ring (bicyclic) bond motifs is 3. The molecule has 0 aromatic heterocycles. The van der Waals surface area contributed by atoms with Crippen LogP contribution in [0.4, 0.5) is 4.39 Å². The fourth-order valence-electron chi connectivity index (χ4n) is 7.69. The van der Waals surface area contributed by atoms with Gasteiger partial charge in [0.25, 0.3) is 0 Å². The average molecular weight is 390 g/mol. The number of hydrogen-bond acceptors (Lipinski definition) is 5. The normalized spacial score (nSPS) is 56.3. The first-order valence-electron chi connectivity index (χ1n) is 10.2. The van der Waals surface area contributed by atoms with Gasteiger partial charge >= 0.3 is 0 Å². The van der Waals surface area contributed by atoms with Crippen LogP contribution < -0.4 is 0 Å². The van der Waals surface area contributed by atoms with E-state index in [1.807, 2.05) is 20.8 Å². The lowest BCUT2D eigenvalue weighted by atomic mass is 9.46. The molecule has 6 heteroatoms. The number of rotatable bonds is 2. The minimum Gasteiger partial charge on any atom is -0.388 e. The van der Waals surface area contributed by atoms with Gasteiger partial charge < -0.3 is 14.9 Å². The highest BCUT2D eigenvalue weighted by molar-refractivity contribution is 6.01. The van der Waals surface area contributed by atoms with Crippen molar-refractivity contribution in [2.45, 2.75) is 63.5 Å². The molecule has 3 saturated carbocycles. The molecule has 5 nitrogen and oxygen atoms in total. The van der Waals surface area contributed by atoms with Gasteiger partial charge in [-0.2, -0.15) is 0 Å². The monoisotopic (exact) mass is 390 g/mol. The number of carbonyl (C=O) groups excluding carboxylic acids is 2. The van der Waals surface area contributed by atoms with Gasteiger partial charge in [0, 0.05) is 10.8 Å². The topological polar surface area (TPSA) is 87.1 Å². The van der Waals surface area contributed by atoms with Crippen molar-refractivity contribution in [3.63, 3.8) is 0 Å². The van der Waals surface area contributed by atoms with Gasteiger partial charge in [-0.25, -0.2) is 4.39 Å². The van der Waals surface area contributed by atoms with Gasteiger partial charge in [-0.3, -0.25) is 9.59 Å². The molecule has 0 radical (unpaired) electrons. The van der Waals surface area contributed by atoms with Crippen LogP contribution in [0.15, 0.2) is 23.8 Å². The Labute approximate surface area is 163 Å². The first kappa shape index (κ1) is 18.6. The molecule has 1 heterocycles. The van der Waals surface area contributed by atoms with Crippen molar-refractivity contribution in [1.29, 1.82) is 0 Å². The lowest BCUT2D eigenvalue weighted by molar-refractivity contribution is -0.166. The maximum atomic E-state index is 15.3. The summed E-state index contributed by atoms with van der Waals surface area (Å²) in [6, 6.07) is 0. The smallest absolute Gasteiger partial charge is 0.190 e. The van der Waals surface area contributed by atoms with Gasteiger partial charge in [0.05, 0.1) is 6.10 Å². The van der Waals surface area contributed by atoms with Crippen LogP contribution >= 0.6 is 0 Å². The Morgan fingerprint density at radius 2 is 2.04 bits per heavy atom. The summed E-state index contributed by atoms with van der Waals surface area (Å²) >= 11 is 0. The summed E-state index contributed by atoms with van der Waals surface area (Å²) in [4.78, 5) is 24.5. The number of epoxide rings is 1. The van der Waals surface area contributed by atoms with Gasteiger partial charge in [0.15, 0.2) is 11.6 Å². The highest BCUT2D eigenvalue weighted by Crippen LogP contribution is 2.76. The number of ether oxygens (including phenoxy) is 1. The van der Waals surface area contributed by atoms with E-state index >= 15 is 4.39 Å². The number of aliphatic hydroxyl groups is 2. The fourth-order valence-corrected chi connectivity index (χ4v) is 7.69. The van der Waals surface area contributed by atoms with E-state index in [9.17, 15) is 19.8 Å². The number of aliphatic hydroxyl groups excluding tert-OH is 1. The summed E-state index contributed by atoms with van der Waals surface area (Å²) in [5, 5.41) is 21.0. The number of alkyl halides is 1. The van der Waals surface area contributed by atoms with E-state index in [0.717, 1.165) is 0 Å². The van der Waals surface area contributed by atoms with Crippen molar-refractivity contribution in [3.8, 4) is 0 Å². The molecule has 2 N–H and O–H groups in total. The third-order valence-corrected chi connectivity index (χ3v) is 9.07. The van der Waals surface area contributed by atoms with E-state index in [4.69, 9.17) is 4.74 Å². The lowest BCUT2D eigenvalue weighted by Gasteiger charge is -2.56. The number of allylic oxidation sites excluding steroid dienone is 2. The van der Waals surface area contributed by atoms with Crippen molar-refractivity contribution in [2.24, 2.45) is 28.6 Å². The SMILES string of the molecule is C[C@@H]1C[C@H]2[C@@H]3C[C@H](F)C4=CC(=O)C=C[C@]4(C)[C@@]34O[C@H]4C[C@]2(C)[C@@]1(O)C(=O)CO. The van der Waals surface area contributed by atoms with Crippen LogP contribution in [0.1, 0.15) is 40.0 Å². The van der Waals surface area contributed by atoms with Gasteiger partial charge in [0.1, 0.15) is 24.0 Å². The first-order valence-corrected chi connectivity index (χ1v) is 10.2. The maximum Gasteiger partial charge on any atom is 0.190 e. The van der Waals surface area contributed by atoms with Crippen molar-refractivity contribution in [2.75, 3.05) is 6.61 Å². The zero-order chi connectivity index (χ0) is 20.3. The van der Waals surface area contributed by atoms with Gasteiger partial charge in [-0.1, -0.05) is 19.9 Å². The zero-order valence-electron chi connectivity index (χ0n) is 16.4. The molecule has 28 heavy (non-hydrogen) atoms. The summed E-state index contributed by atoms with van der Waals surface area (Å²) in [5.74, 6) is -1.32. The van der Waals surface area contributed by atoms with Crippen molar-refractivity contribution >= 4 is 11.6 Å². The second-order valence-electron chi connectivity index (χ2n) is 9.96. The molecular weight excluding hydrogens is 363 g/mol. The van der Waals surface area contributed by atoms with Crippen LogP contribution in [0.2, 0.25) is 0 Å². The van der Waals surface area contributed by atoms with Crippen LogP contribution in [0.25, 0.3) is 0 Å². The molecule has 1 aliphatic heterocycles. The van der Waals surface area contributed by atoms with Crippen LogP contribution in [0, 0.1) is 28.6 Å². The Kier molecular flexibility index (Phi) is 3.47. The quantitative estimate of drug-likeness (QED) is 0.704. The van der Waals surface area contributed by atoms with Crippen LogP contribution in [0.5, 0.6) is 0 Å². The fraction of sp³-hybridized carbons (Fsp3) is 0.727. The number of Topliss-reactive ketones (excluding diaryl/α,β-unsaturated/α-hetero) is 1. The molecule has 0 unspecified atom stereocenters. The predicted molar refractivity (Wildman–Crippen MR) is 98.0 cm³/mol. The molecule has 0 amide bonds. The minimum absolute atomic E-state index is 0.0931. The molecule has 1 saturated heterocycles. The Bertz CT molecular complexity index is 850. The second kappa shape index (κ2) is 5.21. The van der Waals surface area contributed by atoms with Crippen molar-refractivity contribution < 1.29 is 28.9 Å². The second-order valence-corrected chi connectivity index (χ2v) is 9.96. The Morgan fingerprint density at radius 3 is 2.71 bits per heavy atom. The third-order valence-electron chi connectivity index (χ3n) is 9.07. The highest BCUT2D eigenvalue weighted by atomic mass is 19.1. The number of halogens is 1. The van der Waals surface area contributed by atoms with Crippen molar-refractivity contribution in [1.82, 2.24) is 0 Å². The Morgan fingerprint density at radius 1 is 1.32 bits per heavy atom. The van der Waals surface area contributed by atoms with E-state index in [1.165, 1.54) is 12.2 Å². The highest BCUT2D eigenvalue weighted by Gasteiger charge is 2.82. The molecule has 0 aromatic rings. The van der Waals surface area contributed by atoms with Gasteiger partial charge in [-0.15, -0.1) is 0 Å². The minimum atomic E-state index is -1.63. The number of hydrogen-bond donors (Lipinski definition) is 2. The summed E-state index contributed by atoms with van der Waals surface area (Å²) in [7, 11) is 0. The standard InChI is InChI=1S/C22H27FO5/c1-11-6-13-14-8-16(23)15-7-12(25)4-5-19(15,2)22(14)18(28-22)9-20(13,3)21(11,27)17(26)10-24/h4-5,7,11,13-14,16,18,24,27H,6,8-10H2,1-3H3/t11-,13+,14+,16+,18+,19+,20+,21+,22-/m1/s1. The molecule has 0 aromatic carbocycles. The maximum absolute atomic E-state index is 15.3. The largest absolute Gasteiger partial charge is 0.388 e. The third kappa shape index (κ3) is 1.75. The van der Waals surface area contributed by atoms with Crippen LogP contribution in [-0.4, -0.2) is 51.9 Å². The van der Waals surface area contributed by atoms with Crippen LogP contribution in [-0.2, 0) is 14.3 Å². The van der Waals surface area contributed by atoms with E-state index in [0.29, 0.717) is 18.4 Å². The lowest BCUT2D eigenvalue weighted by Crippen LogP contribution is -2.63. The predicted octanol–water partition coefficient (Wildman–Crippen LogP) is 1.91. The van der Waals surface area contributed by atoms with E-state index in [1.54, 1.807) is 6.08 Å². The van der Waals surface area contributed by atoms with E-state index in [-0.39, 0.29) is 36.1 Å². The van der Waals surface area contributed by atoms with E-state index < -0.39 is 40.6 Å². The summed E-state index contributed by atoms with van der Waals surface area (Å²) in [6.45, 7) is 5.00.